The SMILES string of the molecule is [CH2]C1(F)C(F)C(F)(F)C(F)(F)C1(F)F. The van der Waals surface area contributed by atoms with Crippen molar-refractivity contribution >= 4 is 0 Å². The van der Waals surface area contributed by atoms with Crippen LogP contribution < -0.4 is 0 Å². The fourth-order valence-electron chi connectivity index (χ4n) is 1.08. The van der Waals surface area contributed by atoms with Crippen LogP contribution in [0.3, 0.4) is 0 Å². The summed E-state index contributed by atoms with van der Waals surface area (Å²) in [5, 5.41) is 0. The molecule has 0 aromatic rings. The second-order valence-electron chi connectivity index (χ2n) is 3.00. The van der Waals surface area contributed by atoms with Crippen molar-refractivity contribution in [3.8, 4) is 0 Å². The van der Waals surface area contributed by atoms with E-state index >= 15 is 0 Å². The molecule has 0 bridgehead atoms. The van der Waals surface area contributed by atoms with Crippen LogP contribution in [0.5, 0.6) is 0 Å². The molecule has 14 heavy (non-hydrogen) atoms. The maximum Gasteiger partial charge on any atom is 0.378 e. The molecule has 1 aliphatic carbocycles. The molecular weight excluding hydrogens is 224 g/mol. The van der Waals surface area contributed by atoms with E-state index in [0.29, 0.717) is 0 Å². The van der Waals surface area contributed by atoms with Gasteiger partial charge in [-0.05, 0) is 6.92 Å². The van der Waals surface area contributed by atoms with Gasteiger partial charge in [-0.15, -0.1) is 0 Å². The van der Waals surface area contributed by atoms with E-state index in [2.05, 4.69) is 0 Å². The average molecular weight is 227 g/mol. The first-order valence-electron chi connectivity index (χ1n) is 3.22. The molecule has 2 unspecified atom stereocenters. The number of rotatable bonds is 0. The summed E-state index contributed by atoms with van der Waals surface area (Å²) in [6.45, 7) is 1.74. The smallest absolute Gasteiger partial charge is 0.237 e. The molecule has 1 saturated carbocycles. The monoisotopic (exact) mass is 227 g/mol. The van der Waals surface area contributed by atoms with Crippen LogP contribution in [-0.2, 0) is 0 Å². The highest BCUT2D eigenvalue weighted by Gasteiger charge is 2.91. The molecule has 0 aliphatic heterocycles. The van der Waals surface area contributed by atoms with E-state index in [1.54, 1.807) is 6.92 Å². The first kappa shape index (κ1) is 11.5. The predicted octanol–water partition coefficient (Wildman–Crippen LogP) is 2.79. The Balaban J connectivity index is 3.38. The molecule has 1 fully saturated rings. The Morgan fingerprint density at radius 3 is 1.21 bits per heavy atom. The lowest BCUT2D eigenvalue weighted by Crippen LogP contribution is -2.51. The molecule has 8 heteroatoms. The Kier molecular flexibility index (Phi) is 1.92. The Hall–Kier alpha value is -0.560. The van der Waals surface area contributed by atoms with Gasteiger partial charge in [0.05, 0.1) is 0 Å². The predicted molar refractivity (Wildman–Crippen MR) is 28.9 cm³/mol. The van der Waals surface area contributed by atoms with E-state index in [4.69, 9.17) is 0 Å². The summed E-state index contributed by atoms with van der Waals surface area (Å²) in [6.07, 6.45) is -4.35. The third kappa shape index (κ3) is 0.844. The van der Waals surface area contributed by atoms with Gasteiger partial charge in [0, 0.05) is 0 Å². The maximum atomic E-state index is 12.6. The van der Waals surface area contributed by atoms with Crippen molar-refractivity contribution in [2.24, 2.45) is 0 Å². The second-order valence-corrected chi connectivity index (χ2v) is 3.00. The Bertz CT molecular complexity index is 229. The minimum absolute atomic E-state index is 1.74. The molecule has 0 heterocycles. The van der Waals surface area contributed by atoms with Gasteiger partial charge in [-0.1, -0.05) is 0 Å². The average Bonchev–Trinajstić information content (AvgIpc) is 2.05. The lowest BCUT2D eigenvalue weighted by Gasteiger charge is -2.25. The van der Waals surface area contributed by atoms with Crippen molar-refractivity contribution in [2.75, 3.05) is 0 Å². The van der Waals surface area contributed by atoms with Crippen LogP contribution in [0.25, 0.3) is 0 Å². The Morgan fingerprint density at radius 1 is 0.786 bits per heavy atom. The number of halogens is 8. The molecule has 0 aromatic heterocycles. The third-order valence-corrected chi connectivity index (χ3v) is 2.05. The van der Waals surface area contributed by atoms with Gasteiger partial charge in [0.1, 0.15) is 0 Å². The van der Waals surface area contributed by atoms with Gasteiger partial charge >= 0.3 is 17.8 Å². The van der Waals surface area contributed by atoms with Crippen LogP contribution in [0.15, 0.2) is 0 Å². The molecule has 0 N–H and O–H groups in total. The fourth-order valence-corrected chi connectivity index (χ4v) is 1.08. The summed E-state index contributed by atoms with van der Waals surface area (Å²) < 4.78 is 98.5. The zero-order chi connectivity index (χ0) is 11.6. The summed E-state index contributed by atoms with van der Waals surface area (Å²) in [6, 6.07) is 0. The lowest BCUT2D eigenvalue weighted by molar-refractivity contribution is -0.285. The molecule has 0 amide bonds. The number of alkyl halides is 8. The highest BCUT2D eigenvalue weighted by molar-refractivity contribution is 5.24. The van der Waals surface area contributed by atoms with Crippen molar-refractivity contribution in [1.82, 2.24) is 0 Å². The number of hydrogen-bond donors (Lipinski definition) is 0. The quantitative estimate of drug-likeness (QED) is 0.558. The van der Waals surface area contributed by atoms with Crippen LogP contribution in [0, 0.1) is 6.92 Å². The van der Waals surface area contributed by atoms with Crippen LogP contribution in [0.2, 0.25) is 0 Å². The van der Waals surface area contributed by atoms with E-state index in [1.807, 2.05) is 0 Å². The highest BCUT2D eigenvalue weighted by Crippen LogP contribution is 2.63. The van der Waals surface area contributed by atoms with Gasteiger partial charge in [0.15, 0.2) is 0 Å². The van der Waals surface area contributed by atoms with Crippen molar-refractivity contribution in [3.63, 3.8) is 0 Å². The van der Waals surface area contributed by atoms with Crippen molar-refractivity contribution < 1.29 is 35.1 Å². The van der Waals surface area contributed by atoms with Gasteiger partial charge in [0.2, 0.25) is 11.8 Å². The molecule has 1 rings (SSSR count). The van der Waals surface area contributed by atoms with Crippen LogP contribution in [0.1, 0.15) is 0 Å². The first-order chi connectivity index (χ1) is 5.90. The van der Waals surface area contributed by atoms with Gasteiger partial charge in [-0.25, -0.2) is 8.78 Å². The summed E-state index contributed by atoms with van der Waals surface area (Å²) in [5.74, 6) is -17.7. The molecule has 1 aliphatic rings. The van der Waals surface area contributed by atoms with Crippen molar-refractivity contribution in [1.29, 1.82) is 0 Å². The highest BCUT2D eigenvalue weighted by atomic mass is 19.4. The fraction of sp³-hybridized carbons (Fsp3) is 0.833. The molecule has 2 atom stereocenters. The van der Waals surface area contributed by atoms with E-state index in [1.165, 1.54) is 0 Å². The van der Waals surface area contributed by atoms with E-state index in [9.17, 15) is 35.1 Å². The molecule has 1 radical (unpaired) electrons. The molecule has 0 aromatic carbocycles. The topological polar surface area (TPSA) is 0 Å². The van der Waals surface area contributed by atoms with Gasteiger partial charge in [0.25, 0.3) is 0 Å². The minimum Gasteiger partial charge on any atom is -0.237 e. The number of hydrogen-bond acceptors (Lipinski definition) is 0. The molecule has 0 nitrogen and oxygen atoms in total. The normalized spacial score (nSPS) is 43.9. The molecular formula is C6H3F8. The first-order valence-corrected chi connectivity index (χ1v) is 3.22. The second kappa shape index (κ2) is 2.33. The zero-order valence-corrected chi connectivity index (χ0v) is 6.31. The zero-order valence-electron chi connectivity index (χ0n) is 6.31. The minimum atomic E-state index is -6.09. The van der Waals surface area contributed by atoms with Crippen LogP contribution in [0.4, 0.5) is 35.1 Å². The lowest BCUT2D eigenvalue weighted by atomic mass is 10.0. The largest absolute Gasteiger partial charge is 0.378 e. The van der Waals surface area contributed by atoms with Crippen LogP contribution in [-0.4, -0.2) is 29.6 Å². The maximum absolute atomic E-state index is 12.6. The Morgan fingerprint density at radius 2 is 1.14 bits per heavy atom. The summed E-state index contributed by atoms with van der Waals surface area (Å²) in [5.41, 5.74) is -4.83. The molecule has 0 saturated heterocycles. The molecule has 83 valence electrons. The summed E-state index contributed by atoms with van der Waals surface area (Å²) >= 11 is 0. The summed E-state index contributed by atoms with van der Waals surface area (Å²) in [4.78, 5) is 0. The van der Waals surface area contributed by atoms with Crippen molar-refractivity contribution in [2.45, 2.75) is 29.6 Å². The van der Waals surface area contributed by atoms with E-state index in [0.717, 1.165) is 0 Å². The van der Waals surface area contributed by atoms with Gasteiger partial charge in [-0.3, -0.25) is 0 Å². The van der Waals surface area contributed by atoms with E-state index < -0.39 is 29.6 Å². The summed E-state index contributed by atoms with van der Waals surface area (Å²) in [7, 11) is 0. The van der Waals surface area contributed by atoms with Crippen molar-refractivity contribution in [3.05, 3.63) is 6.92 Å². The molecule has 0 spiro atoms. The standard InChI is InChI=1S/C6H3F8/c1-3(8)2(7)4(9,10)6(13,14)5(3,11)12/h2H,1H2. The van der Waals surface area contributed by atoms with E-state index in [-0.39, 0.29) is 0 Å². The Labute approximate surface area is 72.9 Å². The third-order valence-electron chi connectivity index (χ3n) is 2.05. The van der Waals surface area contributed by atoms with Crippen LogP contribution >= 0.6 is 0 Å². The van der Waals surface area contributed by atoms with Gasteiger partial charge < -0.3 is 0 Å². The van der Waals surface area contributed by atoms with Gasteiger partial charge in [-0.2, -0.15) is 26.3 Å².